The van der Waals surface area contributed by atoms with Gasteiger partial charge in [-0.05, 0) is 12.8 Å². The second kappa shape index (κ2) is 5.38. The number of hydrogen-bond donors (Lipinski definition) is 1. The van der Waals surface area contributed by atoms with Crippen LogP contribution in [-0.4, -0.2) is 47.1 Å². The van der Waals surface area contributed by atoms with E-state index in [1.54, 1.807) is 6.20 Å². The van der Waals surface area contributed by atoms with E-state index >= 15 is 0 Å². The molecule has 0 aromatic carbocycles. The molecule has 2 fully saturated rings. The average Bonchev–Trinajstić information content (AvgIpc) is 3.02. The lowest BCUT2D eigenvalue weighted by Crippen LogP contribution is -2.50. The Kier molecular flexibility index (Phi) is 3.63. The van der Waals surface area contributed by atoms with Crippen LogP contribution in [0.5, 0.6) is 0 Å². The largest absolute Gasteiger partial charge is 0.393 e. The molecule has 5 heteroatoms. The van der Waals surface area contributed by atoms with Gasteiger partial charge in [0, 0.05) is 24.6 Å². The molecule has 1 saturated heterocycles. The zero-order chi connectivity index (χ0) is 12.4. The number of ether oxygens (including phenoxy) is 1. The van der Waals surface area contributed by atoms with Gasteiger partial charge < -0.3 is 14.4 Å². The molecule has 100 valence electrons. The van der Waals surface area contributed by atoms with Crippen LogP contribution in [0, 0.1) is 5.92 Å². The lowest BCUT2D eigenvalue weighted by Gasteiger charge is -2.39. The number of aliphatic hydroxyl groups is 1. The first-order valence-electron chi connectivity index (χ1n) is 6.74. The molecule has 1 N–H and O–H groups in total. The van der Waals surface area contributed by atoms with Crippen molar-refractivity contribution in [1.82, 2.24) is 10.1 Å². The maximum atomic E-state index is 10.1. The molecule has 1 aromatic heterocycles. The molecule has 1 aromatic rings. The van der Waals surface area contributed by atoms with E-state index in [1.165, 1.54) is 0 Å². The first kappa shape index (κ1) is 12.1. The van der Waals surface area contributed by atoms with Crippen LogP contribution in [0.1, 0.15) is 25.0 Å². The number of morpholine rings is 1. The number of aromatic nitrogens is 1. The molecule has 1 saturated carbocycles. The second-order valence-corrected chi connectivity index (χ2v) is 5.25. The van der Waals surface area contributed by atoms with Gasteiger partial charge in [0.05, 0.1) is 32.1 Å². The highest BCUT2D eigenvalue weighted by atomic mass is 16.5. The van der Waals surface area contributed by atoms with Gasteiger partial charge in [0.15, 0.2) is 5.76 Å². The predicted molar refractivity (Wildman–Crippen MR) is 64.9 cm³/mol. The lowest BCUT2D eigenvalue weighted by atomic mass is 9.94. The van der Waals surface area contributed by atoms with Crippen LogP contribution >= 0.6 is 0 Å². The summed E-state index contributed by atoms with van der Waals surface area (Å²) >= 11 is 0. The normalized spacial score (nSPS) is 33.9. The summed E-state index contributed by atoms with van der Waals surface area (Å²) in [6, 6.07) is 2.21. The summed E-state index contributed by atoms with van der Waals surface area (Å²) in [5.41, 5.74) is 0. The molecule has 2 aliphatic rings. The molecule has 2 heterocycles. The van der Waals surface area contributed by atoms with Gasteiger partial charge in [-0.25, -0.2) is 0 Å². The van der Waals surface area contributed by atoms with Crippen molar-refractivity contribution >= 4 is 0 Å². The molecule has 0 amide bonds. The highest BCUT2D eigenvalue weighted by Gasteiger charge is 2.37. The molecule has 0 spiro atoms. The van der Waals surface area contributed by atoms with Crippen molar-refractivity contribution in [2.24, 2.45) is 5.92 Å². The second-order valence-electron chi connectivity index (χ2n) is 5.25. The number of rotatable bonds is 3. The third-order valence-corrected chi connectivity index (χ3v) is 4.16. The minimum absolute atomic E-state index is 0.172. The summed E-state index contributed by atoms with van der Waals surface area (Å²) in [6.45, 7) is 3.13. The van der Waals surface area contributed by atoms with Gasteiger partial charge in [-0.1, -0.05) is 11.6 Å². The number of nitrogens with zero attached hydrogens (tertiary/aromatic N) is 2. The third kappa shape index (κ3) is 2.43. The van der Waals surface area contributed by atoms with Crippen molar-refractivity contribution in [1.29, 1.82) is 0 Å². The standard InChI is InChI=1S/C13H20N2O3/c16-13-3-1-2-11(13)12-9-17-7-6-15(12)8-10-4-5-14-18-10/h4-5,11-13,16H,1-3,6-9H2/t11-,12+,13+/m0/s1. The summed E-state index contributed by atoms with van der Waals surface area (Å²) in [5.74, 6) is 1.22. The molecular weight excluding hydrogens is 232 g/mol. The van der Waals surface area contributed by atoms with Gasteiger partial charge in [0.1, 0.15) is 0 Å². The molecule has 1 aliphatic heterocycles. The SMILES string of the molecule is O[C@@H]1CCC[C@H]1[C@H]1COCCN1Cc1ccno1. The van der Waals surface area contributed by atoms with Crippen LogP contribution in [0.15, 0.2) is 16.8 Å². The molecule has 3 rings (SSSR count). The highest BCUT2D eigenvalue weighted by molar-refractivity contribution is 4.96. The van der Waals surface area contributed by atoms with E-state index in [0.29, 0.717) is 12.0 Å². The van der Waals surface area contributed by atoms with E-state index in [-0.39, 0.29) is 6.10 Å². The number of hydrogen-bond acceptors (Lipinski definition) is 5. The molecule has 3 atom stereocenters. The Bertz CT molecular complexity index is 368. The summed E-state index contributed by atoms with van der Waals surface area (Å²) in [7, 11) is 0. The van der Waals surface area contributed by atoms with E-state index in [2.05, 4.69) is 10.1 Å². The zero-order valence-electron chi connectivity index (χ0n) is 10.5. The van der Waals surface area contributed by atoms with Gasteiger partial charge >= 0.3 is 0 Å². The molecule has 18 heavy (non-hydrogen) atoms. The lowest BCUT2D eigenvalue weighted by molar-refractivity contribution is -0.0561. The van der Waals surface area contributed by atoms with Gasteiger partial charge in [0.25, 0.3) is 0 Å². The summed E-state index contributed by atoms with van der Waals surface area (Å²) in [5, 5.41) is 13.8. The van der Waals surface area contributed by atoms with Crippen molar-refractivity contribution in [3.63, 3.8) is 0 Å². The average molecular weight is 252 g/mol. The predicted octanol–water partition coefficient (Wildman–Crippen LogP) is 1.04. The van der Waals surface area contributed by atoms with E-state index in [1.807, 2.05) is 6.07 Å². The molecule has 0 bridgehead atoms. The van der Waals surface area contributed by atoms with E-state index < -0.39 is 0 Å². The monoisotopic (exact) mass is 252 g/mol. The van der Waals surface area contributed by atoms with Crippen molar-refractivity contribution in [2.45, 2.75) is 38.0 Å². The molecular formula is C13H20N2O3. The van der Waals surface area contributed by atoms with Crippen molar-refractivity contribution in [3.05, 3.63) is 18.0 Å². The number of aliphatic hydroxyl groups excluding tert-OH is 1. The Balaban J connectivity index is 1.69. The Morgan fingerprint density at radius 1 is 1.44 bits per heavy atom. The van der Waals surface area contributed by atoms with E-state index in [9.17, 15) is 5.11 Å². The minimum atomic E-state index is -0.172. The minimum Gasteiger partial charge on any atom is -0.393 e. The Morgan fingerprint density at radius 3 is 3.11 bits per heavy atom. The molecule has 0 unspecified atom stereocenters. The quantitative estimate of drug-likeness (QED) is 0.871. The summed E-state index contributed by atoms with van der Waals surface area (Å²) in [4.78, 5) is 2.36. The van der Waals surface area contributed by atoms with Crippen molar-refractivity contribution in [2.75, 3.05) is 19.8 Å². The maximum absolute atomic E-state index is 10.1. The summed E-state index contributed by atoms with van der Waals surface area (Å²) in [6.07, 6.45) is 4.65. The third-order valence-electron chi connectivity index (χ3n) is 4.16. The van der Waals surface area contributed by atoms with Gasteiger partial charge in [-0.2, -0.15) is 0 Å². The van der Waals surface area contributed by atoms with Crippen molar-refractivity contribution in [3.8, 4) is 0 Å². The summed E-state index contributed by atoms with van der Waals surface area (Å²) < 4.78 is 10.8. The zero-order valence-corrected chi connectivity index (χ0v) is 10.5. The Labute approximate surface area is 107 Å². The van der Waals surface area contributed by atoms with Gasteiger partial charge in [-0.3, -0.25) is 4.90 Å². The van der Waals surface area contributed by atoms with E-state index in [4.69, 9.17) is 9.26 Å². The van der Waals surface area contributed by atoms with Crippen LogP contribution < -0.4 is 0 Å². The van der Waals surface area contributed by atoms with Gasteiger partial charge in [-0.15, -0.1) is 0 Å². The molecule has 0 radical (unpaired) electrons. The highest BCUT2D eigenvalue weighted by Crippen LogP contribution is 2.32. The van der Waals surface area contributed by atoms with Crippen LogP contribution in [0.4, 0.5) is 0 Å². The first-order valence-corrected chi connectivity index (χ1v) is 6.74. The van der Waals surface area contributed by atoms with E-state index in [0.717, 1.165) is 51.3 Å². The van der Waals surface area contributed by atoms with Gasteiger partial charge in [0.2, 0.25) is 0 Å². The fourth-order valence-electron chi connectivity index (χ4n) is 3.19. The fraction of sp³-hybridized carbons (Fsp3) is 0.769. The first-order chi connectivity index (χ1) is 8.84. The smallest absolute Gasteiger partial charge is 0.150 e. The molecule has 5 nitrogen and oxygen atoms in total. The van der Waals surface area contributed by atoms with Crippen LogP contribution in [0.2, 0.25) is 0 Å². The Morgan fingerprint density at radius 2 is 2.39 bits per heavy atom. The van der Waals surface area contributed by atoms with Crippen LogP contribution in [-0.2, 0) is 11.3 Å². The van der Waals surface area contributed by atoms with Crippen molar-refractivity contribution < 1.29 is 14.4 Å². The molecule has 1 aliphatic carbocycles. The Hall–Kier alpha value is -0.910. The topological polar surface area (TPSA) is 58.7 Å². The van der Waals surface area contributed by atoms with Crippen LogP contribution in [0.3, 0.4) is 0 Å². The fourth-order valence-corrected chi connectivity index (χ4v) is 3.19. The maximum Gasteiger partial charge on any atom is 0.150 e. The van der Waals surface area contributed by atoms with Crippen LogP contribution in [0.25, 0.3) is 0 Å².